The third kappa shape index (κ3) is 4.25. The third-order valence-corrected chi connectivity index (χ3v) is 7.02. The third-order valence-electron chi connectivity index (χ3n) is 5.85. The highest BCUT2D eigenvalue weighted by molar-refractivity contribution is 7.90. The van der Waals surface area contributed by atoms with E-state index in [0.29, 0.717) is 24.6 Å². The fourth-order valence-corrected chi connectivity index (χ4v) is 5.23. The van der Waals surface area contributed by atoms with Crippen molar-refractivity contribution in [3.63, 3.8) is 0 Å². The molecule has 1 aliphatic rings. The predicted octanol–water partition coefficient (Wildman–Crippen LogP) is 5.45. The summed E-state index contributed by atoms with van der Waals surface area (Å²) in [6.07, 6.45) is 5.08. The summed E-state index contributed by atoms with van der Waals surface area (Å²) in [5, 5.41) is 1.87. The second kappa shape index (κ2) is 9.04. The number of hydrogen-bond acceptors (Lipinski definition) is 3. The standard InChI is InChI=1S/C24H26ClNO3S/c1-3-29-23(27)13-17-5-4-6-20-21-14-19(30(2)28)11-12-22(21)26(24(17)20)15-16-7-9-18(25)10-8-16/h7-12,14,17H,3-6,13,15H2,1-2H3. The van der Waals surface area contributed by atoms with Gasteiger partial charge in [-0.2, -0.15) is 0 Å². The molecule has 30 heavy (non-hydrogen) atoms. The number of esters is 1. The van der Waals surface area contributed by atoms with Crippen molar-refractivity contribution in [2.75, 3.05) is 12.9 Å². The Morgan fingerprint density at radius 3 is 2.73 bits per heavy atom. The van der Waals surface area contributed by atoms with Crippen LogP contribution in [0.25, 0.3) is 10.9 Å². The Morgan fingerprint density at radius 1 is 1.27 bits per heavy atom. The lowest BCUT2D eigenvalue weighted by molar-refractivity contribution is -0.143. The number of carbonyl (C=O) groups excluding carboxylic acids is 1. The number of aromatic nitrogens is 1. The van der Waals surface area contributed by atoms with E-state index in [1.807, 2.05) is 37.3 Å². The summed E-state index contributed by atoms with van der Waals surface area (Å²) in [4.78, 5) is 13.1. The molecule has 1 aliphatic carbocycles. The van der Waals surface area contributed by atoms with Gasteiger partial charge in [-0.1, -0.05) is 23.7 Å². The van der Waals surface area contributed by atoms with Crippen LogP contribution in [0, 0.1) is 0 Å². The molecule has 0 aliphatic heterocycles. The zero-order valence-electron chi connectivity index (χ0n) is 17.3. The minimum absolute atomic E-state index is 0.128. The van der Waals surface area contributed by atoms with E-state index in [1.165, 1.54) is 11.3 Å². The predicted molar refractivity (Wildman–Crippen MR) is 122 cm³/mol. The van der Waals surface area contributed by atoms with Crippen molar-refractivity contribution in [2.45, 2.75) is 50.0 Å². The average Bonchev–Trinajstić information content (AvgIpc) is 3.04. The zero-order valence-corrected chi connectivity index (χ0v) is 18.9. The number of carbonyl (C=O) groups is 1. The number of ether oxygens (including phenoxy) is 1. The van der Waals surface area contributed by atoms with Crippen molar-refractivity contribution < 1.29 is 14.1 Å². The van der Waals surface area contributed by atoms with Gasteiger partial charge in [0, 0.05) is 40.1 Å². The summed E-state index contributed by atoms with van der Waals surface area (Å²) in [6, 6.07) is 14.0. The molecule has 2 unspecified atom stereocenters. The smallest absolute Gasteiger partial charge is 0.306 e. The van der Waals surface area contributed by atoms with Gasteiger partial charge in [0.15, 0.2) is 4.90 Å². The largest absolute Gasteiger partial charge is 0.612 e. The topological polar surface area (TPSA) is 54.3 Å². The fraction of sp³-hybridized carbons (Fsp3) is 0.375. The molecule has 0 fully saturated rings. The lowest BCUT2D eigenvalue weighted by Gasteiger charge is -2.25. The summed E-state index contributed by atoms with van der Waals surface area (Å²) in [7, 11) is 0. The van der Waals surface area contributed by atoms with Crippen LogP contribution >= 0.6 is 11.6 Å². The van der Waals surface area contributed by atoms with E-state index in [4.69, 9.17) is 16.3 Å². The first-order valence-electron chi connectivity index (χ1n) is 10.4. The highest BCUT2D eigenvalue weighted by Crippen LogP contribution is 2.41. The Kier molecular flexibility index (Phi) is 6.42. The van der Waals surface area contributed by atoms with Crippen molar-refractivity contribution in [2.24, 2.45) is 0 Å². The maximum Gasteiger partial charge on any atom is 0.306 e. The van der Waals surface area contributed by atoms with E-state index in [1.54, 1.807) is 6.26 Å². The van der Waals surface area contributed by atoms with Gasteiger partial charge >= 0.3 is 5.97 Å². The van der Waals surface area contributed by atoms with E-state index in [-0.39, 0.29) is 11.9 Å². The van der Waals surface area contributed by atoms with E-state index < -0.39 is 11.2 Å². The van der Waals surface area contributed by atoms with Crippen molar-refractivity contribution in [3.8, 4) is 0 Å². The van der Waals surface area contributed by atoms with Crippen LogP contribution in [0.15, 0.2) is 47.4 Å². The lowest BCUT2D eigenvalue weighted by atomic mass is 9.84. The molecule has 0 bridgehead atoms. The Labute approximate surface area is 185 Å². The minimum Gasteiger partial charge on any atom is -0.612 e. The van der Waals surface area contributed by atoms with Crippen molar-refractivity contribution >= 4 is 39.6 Å². The summed E-state index contributed by atoms with van der Waals surface area (Å²) in [6.45, 7) is 2.95. The van der Waals surface area contributed by atoms with Crippen LogP contribution < -0.4 is 0 Å². The normalized spacial score (nSPS) is 17.0. The van der Waals surface area contributed by atoms with Crippen LogP contribution in [-0.4, -0.2) is 28.0 Å². The number of benzene rings is 2. The monoisotopic (exact) mass is 443 g/mol. The minimum atomic E-state index is -1.04. The summed E-state index contributed by atoms with van der Waals surface area (Å²) in [5.41, 5.74) is 4.78. The van der Waals surface area contributed by atoms with Gasteiger partial charge in [-0.3, -0.25) is 4.79 Å². The number of rotatable bonds is 6. The van der Waals surface area contributed by atoms with Crippen LogP contribution in [0.2, 0.25) is 5.02 Å². The molecule has 2 aromatic carbocycles. The summed E-state index contributed by atoms with van der Waals surface area (Å²) < 4.78 is 19.7. The molecule has 0 saturated heterocycles. The Morgan fingerprint density at radius 2 is 2.03 bits per heavy atom. The highest BCUT2D eigenvalue weighted by Gasteiger charge is 2.30. The molecule has 158 valence electrons. The maximum atomic E-state index is 12.3. The number of aryl methyl sites for hydroxylation is 1. The molecule has 4 rings (SSSR count). The van der Waals surface area contributed by atoms with Gasteiger partial charge in [-0.15, -0.1) is 0 Å². The molecule has 6 heteroatoms. The van der Waals surface area contributed by atoms with Gasteiger partial charge in [0.25, 0.3) is 0 Å². The Bertz CT molecular complexity index is 1060. The van der Waals surface area contributed by atoms with Gasteiger partial charge in [0.05, 0.1) is 13.0 Å². The first kappa shape index (κ1) is 21.3. The van der Waals surface area contributed by atoms with E-state index in [2.05, 4.69) is 16.7 Å². The molecule has 0 radical (unpaired) electrons. The molecular formula is C24H26ClNO3S. The van der Waals surface area contributed by atoms with Crippen LogP contribution in [0.5, 0.6) is 0 Å². The molecule has 4 nitrogen and oxygen atoms in total. The zero-order chi connectivity index (χ0) is 21.3. The lowest BCUT2D eigenvalue weighted by Crippen LogP contribution is -2.19. The molecule has 3 aromatic rings. The van der Waals surface area contributed by atoms with Crippen LogP contribution in [0.4, 0.5) is 0 Å². The maximum absolute atomic E-state index is 12.3. The molecule has 0 spiro atoms. The Balaban J connectivity index is 1.84. The average molecular weight is 444 g/mol. The van der Waals surface area contributed by atoms with Crippen molar-refractivity contribution in [1.82, 2.24) is 4.57 Å². The van der Waals surface area contributed by atoms with Crippen molar-refractivity contribution in [3.05, 3.63) is 64.3 Å². The van der Waals surface area contributed by atoms with E-state index >= 15 is 0 Å². The quantitative estimate of drug-likeness (QED) is 0.375. The first-order valence-corrected chi connectivity index (χ1v) is 12.3. The highest BCUT2D eigenvalue weighted by atomic mass is 35.5. The number of nitrogens with zero attached hydrogens (tertiary/aromatic N) is 1. The summed E-state index contributed by atoms with van der Waals surface area (Å²) in [5.74, 6) is -0.0166. The Hall–Kier alpha value is -1.95. The number of fused-ring (bicyclic) bond motifs is 3. The molecule has 0 N–H and O–H groups in total. The molecular weight excluding hydrogens is 418 g/mol. The van der Waals surface area contributed by atoms with Crippen LogP contribution in [-0.2, 0) is 33.7 Å². The van der Waals surface area contributed by atoms with Crippen LogP contribution in [0.3, 0.4) is 0 Å². The molecule has 0 saturated carbocycles. The molecule has 1 heterocycles. The van der Waals surface area contributed by atoms with Gasteiger partial charge in [0.1, 0.15) is 6.26 Å². The van der Waals surface area contributed by atoms with Crippen molar-refractivity contribution in [1.29, 1.82) is 0 Å². The first-order chi connectivity index (χ1) is 14.5. The van der Waals surface area contributed by atoms with Gasteiger partial charge in [0.2, 0.25) is 0 Å². The summed E-state index contributed by atoms with van der Waals surface area (Å²) >= 11 is 5.04. The number of halogens is 1. The molecule has 0 amide bonds. The van der Waals surface area contributed by atoms with Gasteiger partial charge in [-0.05, 0) is 72.8 Å². The fourth-order valence-electron chi connectivity index (χ4n) is 4.56. The van der Waals surface area contributed by atoms with Gasteiger partial charge < -0.3 is 13.9 Å². The van der Waals surface area contributed by atoms with E-state index in [9.17, 15) is 9.35 Å². The van der Waals surface area contributed by atoms with Crippen LogP contribution in [0.1, 0.15) is 48.9 Å². The SMILES string of the molecule is CCOC(=O)CC1CCCc2c1n(Cc1ccc(Cl)cc1)c1ccc([S+](C)[O-])cc21. The molecule has 2 atom stereocenters. The second-order valence-electron chi connectivity index (χ2n) is 7.81. The number of hydrogen-bond donors (Lipinski definition) is 0. The molecule has 1 aromatic heterocycles. The van der Waals surface area contributed by atoms with E-state index in [0.717, 1.165) is 40.6 Å². The van der Waals surface area contributed by atoms with Gasteiger partial charge in [-0.25, -0.2) is 0 Å². The second-order valence-corrected chi connectivity index (χ2v) is 9.62.